The quantitative estimate of drug-likeness (QED) is 0.852. The number of hydrogen-bond acceptors (Lipinski definition) is 3. The molecule has 0 heterocycles. The van der Waals surface area contributed by atoms with Crippen molar-refractivity contribution in [2.75, 3.05) is 0 Å². The molecular weight excluding hydrogens is 329 g/mol. The van der Waals surface area contributed by atoms with Gasteiger partial charge in [-0.05, 0) is 39.8 Å². The Morgan fingerprint density at radius 3 is 2.40 bits per heavy atom. The number of rotatable bonds is 3. The second-order valence-electron chi connectivity index (χ2n) is 5.57. The van der Waals surface area contributed by atoms with Crippen LogP contribution in [-0.2, 0) is 15.1 Å². The van der Waals surface area contributed by atoms with Crippen LogP contribution in [-0.4, -0.2) is 18.0 Å². The van der Waals surface area contributed by atoms with Crippen molar-refractivity contribution >= 4 is 28.3 Å². The molecule has 0 aliphatic heterocycles. The molecule has 0 saturated carbocycles. The van der Waals surface area contributed by atoms with E-state index in [4.69, 9.17) is 4.74 Å². The van der Waals surface area contributed by atoms with Crippen LogP contribution >= 0.6 is 15.9 Å². The lowest BCUT2D eigenvalue weighted by molar-refractivity contribution is -0.113. The molecule has 110 valence electrons. The fourth-order valence-corrected chi connectivity index (χ4v) is 1.92. The average Bonchev–Trinajstić information content (AvgIpc) is 2.25. The van der Waals surface area contributed by atoms with Crippen LogP contribution in [0.3, 0.4) is 0 Å². The Morgan fingerprint density at radius 2 is 1.95 bits per heavy atom. The van der Waals surface area contributed by atoms with Gasteiger partial charge in [0, 0.05) is 10.0 Å². The average molecular weight is 346 g/mol. The van der Waals surface area contributed by atoms with Crippen LogP contribution in [0.1, 0.15) is 33.3 Å². The summed E-state index contributed by atoms with van der Waals surface area (Å²) in [7, 11) is 0. The van der Waals surface area contributed by atoms with Crippen LogP contribution in [0.25, 0.3) is 0 Å². The van der Waals surface area contributed by atoms with Crippen LogP contribution in [0.4, 0.5) is 9.18 Å². The normalized spacial score (nSPS) is 14.3. The van der Waals surface area contributed by atoms with E-state index >= 15 is 0 Å². The molecule has 0 fully saturated rings. The standard InChI is InChI=1S/C14H17BrFNO3/c1-13(2,3)20-12(19)17-14(4,8-18)10-6-5-9(15)7-11(10)16/h5-8H,1-4H3,(H,17,19). The number of halogens is 2. The lowest BCUT2D eigenvalue weighted by Gasteiger charge is -2.28. The summed E-state index contributed by atoms with van der Waals surface area (Å²) in [6.45, 7) is 6.51. The summed E-state index contributed by atoms with van der Waals surface area (Å²) in [4.78, 5) is 23.1. The van der Waals surface area contributed by atoms with Crippen molar-refractivity contribution in [3.8, 4) is 0 Å². The summed E-state index contributed by atoms with van der Waals surface area (Å²) in [6.07, 6.45) is -0.308. The summed E-state index contributed by atoms with van der Waals surface area (Å²) in [5.74, 6) is -0.593. The van der Waals surface area contributed by atoms with Gasteiger partial charge in [-0.25, -0.2) is 9.18 Å². The van der Waals surface area contributed by atoms with Crippen LogP contribution < -0.4 is 5.32 Å². The Kier molecular flexibility index (Phi) is 4.91. The van der Waals surface area contributed by atoms with Crippen LogP contribution in [0, 0.1) is 5.82 Å². The molecule has 1 rings (SSSR count). The lowest BCUT2D eigenvalue weighted by atomic mass is 9.93. The predicted octanol–water partition coefficient (Wildman–Crippen LogP) is 3.53. The molecule has 1 amide bonds. The van der Waals surface area contributed by atoms with Crippen molar-refractivity contribution in [2.24, 2.45) is 0 Å². The zero-order chi connectivity index (χ0) is 15.6. The maximum absolute atomic E-state index is 13.9. The van der Waals surface area contributed by atoms with Gasteiger partial charge in [0.25, 0.3) is 0 Å². The smallest absolute Gasteiger partial charge is 0.408 e. The van der Waals surface area contributed by atoms with E-state index in [9.17, 15) is 14.0 Å². The van der Waals surface area contributed by atoms with E-state index in [0.29, 0.717) is 10.8 Å². The third kappa shape index (κ3) is 4.30. The van der Waals surface area contributed by atoms with Gasteiger partial charge in [0.05, 0.1) is 0 Å². The fraction of sp³-hybridized carbons (Fsp3) is 0.429. The van der Waals surface area contributed by atoms with E-state index in [2.05, 4.69) is 21.2 Å². The summed E-state index contributed by atoms with van der Waals surface area (Å²) in [5, 5.41) is 2.39. The van der Waals surface area contributed by atoms with Crippen molar-refractivity contribution in [1.29, 1.82) is 0 Å². The summed E-state index contributed by atoms with van der Waals surface area (Å²) < 4.78 is 19.6. The minimum absolute atomic E-state index is 0.0709. The first-order chi connectivity index (χ1) is 9.07. The number of nitrogens with one attached hydrogen (secondary N) is 1. The highest BCUT2D eigenvalue weighted by molar-refractivity contribution is 9.10. The van der Waals surface area contributed by atoms with E-state index in [0.717, 1.165) is 0 Å². The summed E-state index contributed by atoms with van der Waals surface area (Å²) >= 11 is 3.14. The number of carbonyl (C=O) groups excluding carboxylic acids is 2. The molecule has 4 nitrogen and oxygen atoms in total. The molecule has 1 unspecified atom stereocenters. The molecule has 0 aliphatic rings. The minimum Gasteiger partial charge on any atom is -0.444 e. The third-order valence-electron chi connectivity index (χ3n) is 2.49. The van der Waals surface area contributed by atoms with Gasteiger partial charge in [-0.1, -0.05) is 22.0 Å². The fourth-order valence-electron chi connectivity index (χ4n) is 1.59. The molecule has 1 N–H and O–H groups in total. The van der Waals surface area contributed by atoms with Crippen LogP contribution in [0.5, 0.6) is 0 Å². The Hall–Kier alpha value is -1.43. The molecule has 20 heavy (non-hydrogen) atoms. The number of ether oxygens (including phenoxy) is 1. The molecule has 0 aliphatic carbocycles. The highest BCUT2D eigenvalue weighted by Crippen LogP contribution is 2.25. The number of benzene rings is 1. The van der Waals surface area contributed by atoms with Crippen LogP contribution in [0.15, 0.2) is 22.7 Å². The summed E-state index contributed by atoms with van der Waals surface area (Å²) in [5.41, 5.74) is -2.12. The molecule has 1 aromatic rings. The molecule has 1 atom stereocenters. The number of amides is 1. The predicted molar refractivity (Wildman–Crippen MR) is 76.9 cm³/mol. The first-order valence-corrected chi connectivity index (χ1v) is 6.80. The Balaban J connectivity index is 3.03. The minimum atomic E-state index is -1.49. The molecular formula is C14H17BrFNO3. The van der Waals surface area contributed by atoms with E-state index < -0.39 is 23.1 Å². The highest BCUT2D eigenvalue weighted by Gasteiger charge is 2.33. The first kappa shape index (κ1) is 16.6. The Labute approximate surface area is 125 Å². The molecule has 0 radical (unpaired) electrons. The van der Waals surface area contributed by atoms with Crippen molar-refractivity contribution in [3.63, 3.8) is 0 Å². The maximum atomic E-state index is 13.9. The van der Waals surface area contributed by atoms with Gasteiger partial charge >= 0.3 is 6.09 Å². The molecule has 0 bridgehead atoms. The number of carbonyl (C=O) groups is 2. The van der Waals surface area contributed by atoms with Gasteiger partial charge in [0.15, 0.2) is 0 Å². The summed E-state index contributed by atoms with van der Waals surface area (Å²) in [6, 6.07) is 4.26. The Morgan fingerprint density at radius 1 is 1.35 bits per heavy atom. The van der Waals surface area contributed by atoms with Gasteiger partial charge in [-0.3, -0.25) is 0 Å². The van der Waals surface area contributed by atoms with Crippen molar-refractivity contribution in [1.82, 2.24) is 5.32 Å². The van der Waals surface area contributed by atoms with E-state index in [1.54, 1.807) is 26.8 Å². The molecule has 1 aromatic carbocycles. The number of hydrogen-bond donors (Lipinski definition) is 1. The second-order valence-corrected chi connectivity index (χ2v) is 6.49. The van der Waals surface area contributed by atoms with Gasteiger partial charge in [0.2, 0.25) is 0 Å². The van der Waals surface area contributed by atoms with Gasteiger partial charge in [-0.15, -0.1) is 0 Å². The first-order valence-electron chi connectivity index (χ1n) is 6.00. The zero-order valence-electron chi connectivity index (χ0n) is 11.8. The monoisotopic (exact) mass is 345 g/mol. The van der Waals surface area contributed by atoms with Gasteiger partial charge < -0.3 is 14.8 Å². The topological polar surface area (TPSA) is 55.4 Å². The SMILES string of the molecule is CC(C)(C)OC(=O)NC(C)(C=O)c1ccc(Br)cc1F. The van der Waals surface area contributed by atoms with Crippen molar-refractivity contribution < 1.29 is 18.7 Å². The van der Waals surface area contributed by atoms with E-state index in [1.165, 1.54) is 19.1 Å². The number of alkyl carbamates (subject to hydrolysis) is 1. The molecule has 0 saturated heterocycles. The second kappa shape index (κ2) is 5.91. The van der Waals surface area contributed by atoms with Crippen molar-refractivity contribution in [2.45, 2.75) is 38.8 Å². The van der Waals surface area contributed by atoms with E-state index in [-0.39, 0.29) is 5.56 Å². The van der Waals surface area contributed by atoms with Gasteiger partial charge in [-0.2, -0.15) is 0 Å². The van der Waals surface area contributed by atoms with Crippen molar-refractivity contribution in [3.05, 3.63) is 34.1 Å². The third-order valence-corrected chi connectivity index (χ3v) is 2.98. The maximum Gasteiger partial charge on any atom is 0.408 e. The highest BCUT2D eigenvalue weighted by atomic mass is 79.9. The lowest BCUT2D eigenvalue weighted by Crippen LogP contribution is -2.47. The largest absolute Gasteiger partial charge is 0.444 e. The molecule has 0 aromatic heterocycles. The van der Waals surface area contributed by atoms with Crippen LogP contribution in [0.2, 0.25) is 0 Å². The molecule has 6 heteroatoms. The van der Waals surface area contributed by atoms with E-state index in [1.807, 2.05) is 0 Å². The zero-order valence-corrected chi connectivity index (χ0v) is 13.4. The Bertz CT molecular complexity index is 528. The molecule has 0 spiro atoms. The number of aldehydes is 1. The van der Waals surface area contributed by atoms with Gasteiger partial charge in [0.1, 0.15) is 23.2 Å².